The minimum Gasteiger partial charge on any atom is -0.467 e. The lowest BCUT2D eigenvalue weighted by atomic mass is 9.83. The minimum absolute atomic E-state index is 0.107. The topological polar surface area (TPSA) is 81.7 Å². The molecule has 1 aromatic rings. The predicted octanol–water partition coefficient (Wildman–Crippen LogP) is 2.21. The van der Waals surface area contributed by atoms with Crippen LogP contribution >= 0.6 is 0 Å². The molecule has 1 N–H and O–H groups in total. The maximum Gasteiger partial charge on any atom is 0.408 e. The van der Waals surface area contributed by atoms with E-state index in [2.05, 4.69) is 5.32 Å². The molecule has 1 saturated carbocycles. The number of hydrogen-bond acceptors (Lipinski definition) is 5. The summed E-state index contributed by atoms with van der Waals surface area (Å²) in [6.45, 7) is 0.129. The largest absolute Gasteiger partial charge is 0.467 e. The van der Waals surface area contributed by atoms with Gasteiger partial charge in [-0.1, -0.05) is 30.3 Å². The number of benzene rings is 1. The first-order chi connectivity index (χ1) is 11.1. The van der Waals surface area contributed by atoms with Gasteiger partial charge in [0.25, 0.3) is 0 Å². The van der Waals surface area contributed by atoms with E-state index in [9.17, 15) is 14.4 Å². The van der Waals surface area contributed by atoms with Crippen LogP contribution < -0.4 is 5.32 Å². The molecule has 23 heavy (non-hydrogen) atoms. The Morgan fingerprint density at radius 3 is 2.48 bits per heavy atom. The van der Waals surface area contributed by atoms with Crippen LogP contribution in [0.5, 0.6) is 0 Å². The highest BCUT2D eigenvalue weighted by atomic mass is 16.6. The molecule has 1 fully saturated rings. The van der Waals surface area contributed by atoms with Gasteiger partial charge in [0.15, 0.2) is 0 Å². The summed E-state index contributed by atoms with van der Waals surface area (Å²) in [5.74, 6) is -0.429. The van der Waals surface area contributed by atoms with Crippen molar-refractivity contribution >= 4 is 17.8 Å². The summed E-state index contributed by atoms with van der Waals surface area (Å²) in [6.07, 6.45) is 1.33. The Hall–Kier alpha value is -2.37. The van der Waals surface area contributed by atoms with Crippen LogP contribution in [0.25, 0.3) is 0 Å². The van der Waals surface area contributed by atoms with Crippen LogP contribution in [0.15, 0.2) is 30.3 Å². The van der Waals surface area contributed by atoms with Crippen LogP contribution in [0.1, 0.15) is 31.2 Å². The van der Waals surface area contributed by atoms with Crippen molar-refractivity contribution in [2.24, 2.45) is 5.92 Å². The molecular formula is C17H21NO5. The summed E-state index contributed by atoms with van der Waals surface area (Å²) in [5.41, 5.74) is 0.862. The molecule has 1 aliphatic rings. The second-order valence-corrected chi connectivity index (χ2v) is 5.58. The smallest absolute Gasteiger partial charge is 0.408 e. The van der Waals surface area contributed by atoms with Crippen molar-refractivity contribution in [3.8, 4) is 0 Å². The van der Waals surface area contributed by atoms with Crippen LogP contribution in [0.4, 0.5) is 4.79 Å². The Bertz CT molecular complexity index is 547. The van der Waals surface area contributed by atoms with Gasteiger partial charge in [0.2, 0.25) is 0 Å². The van der Waals surface area contributed by atoms with Gasteiger partial charge in [0.05, 0.1) is 7.11 Å². The summed E-state index contributed by atoms with van der Waals surface area (Å²) in [7, 11) is 1.28. The average molecular weight is 319 g/mol. The first-order valence-electron chi connectivity index (χ1n) is 7.67. The van der Waals surface area contributed by atoms with E-state index in [0.29, 0.717) is 25.7 Å². The van der Waals surface area contributed by atoms with Crippen LogP contribution in [-0.4, -0.2) is 31.0 Å². The van der Waals surface area contributed by atoms with Crippen LogP contribution in [-0.2, 0) is 25.7 Å². The molecule has 1 aromatic carbocycles. The number of carbonyl (C=O) groups excluding carboxylic acids is 3. The Labute approximate surface area is 135 Å². The van der Waals surface area contributed by atoms with Gasteiger partial charge < -0.3 is 14.8 Å². The fraction of sp³-hybridized carbons (Fsp3) is 0.471. The van der Waals surface area contributed by atoms with E-state index in [1.807, 2.05) is 30.3 Å². The fourth-order valence-electron chi connectivity index (χ4n) is 2.68. The Morgan fingerprint density at radius 2 is 1.87 bits per heavy atom. The van der Waals surface area contributed by atoms with Crippen LogP contribution in [0.3, 0.4) is 0 Å². The standard InChI is InChI=1S/C17H21NO5/c1-22-16(20)15(13-7-9-14(19)10-8-13)18-17(21)23-11-12-5-3-2-4-6-12/h2-6,13,15H,7-11H2,1H3,(H,18,21)/t15-/m0/s1. The van der Waals surface area contributed by atoms with Gasteiger partial charge in [-0.15, -0.1) is 0 Å². The fourth-order valence-corrected chi connectivity index (χ4v) is 2.68. The zero-order chi connectivity index (χ0) is 16.7. The number of amides is 1. The van der Waals surface area contributed by atoms with E-state index >= 15 is 0 Å². The Morgan fingerprint density at radius 1 is 1.22 bits per heavy atom. The maximum atomic E-state index is 11.9. The summed E-state index contributed by atoms with van der Waals surface area (Å²) >= 11 is 0. The molecule has 0 radical (unpaired) electrons. The molecule has 0 spiro atoms. The van der Waals surface area contributed by atoms with Crippen LogP contribution in [0, 0.1) is 5.92 Å². The van der Waals surface area contributed by atoms with Gasteiger partial charge in [-0.3, -0.25) is 4.79 Å². The van der Waals surface area contributed by atoms with E-state index in [1.54, 1.807) is 0 Å². The Balaban J connectivity index is 1.90. The zero-order valence-corrected chi connectivity index (χ0v) is 13.1. The lowest BCUT2D eigenvalue weighted by molar-refractivity contribution is -0.145. The average Bonchev–Trinajstić information content (AvgIpc) is 2.59. The molecule has 2 rings (SSSR count). The molecule has 1 amide bonds. The highest BCUT2D eigenvalue weighted by Gasteiger charge is 2.33. The van der Waals surface area contributed by atoms with E-state index in [4.69, 9.17) is 9.47 Å². The van der Waals surface area contributed by atoms with Crippen molar-refractivity contribution in [1.82, 2.24) is 5.32 Å². The van der Waals surface area contributed by atoms with E-state index < -0.39 is 18.1 Å². The Kier molecular flexibility index (Phi) is 6.14. The number of Topliss-reactive ketones (excluding diaryl/α,β-unsaturated/α-hetero) is 1. The van der Waals surface area contributed by atoms with Gasteiger partial charge in [-0.2, -0.15) is 0 Å². The number of rotatable bonds is 5. The molecule has 124 valence electrons. The third-order valence-corrected chi connectivity index (χ3v) is 4.00. The molecule has 0 aromatic heterocycles. The zero-order valence-electron chi connectivity index (χ0n) is 13.1. The van der Waals surface area contributed by atoms with Gasteiger partial charge in [0, 0.05) is 12.8 Å². The lowest BCUT2D eigenvalue weighted by Crippen LogP contribution is -2.47. The van der Waals surface area contributed by atoms with Crippen molar-refractivity contribution in [3.05, 3.63) is 35.9 Å². The minimum atomic E-state index is -0.781. The summed E-state index contributed by atoms with van der Waals surface area (Å²) in [5, 5.41) is 2.58. The molecule has 0 heterocycles. The number of esters is 1. The number of carbonyl (C=O) groups is 3. The second kappa shape index (κ2) is 8.31. The number of methoxy groups -OCH3 is 1. The quantitative estimate of drug-likeness (QED) is 0.842. The van der Waals surface area contributed by atoms with Gasteiger partial charge in [-0.05, 0) is 24.3 Å². The molecule has 0 saturated heterocycles. The van der Waals surface area contributed by atoms with Gasteiger partial charge in [0.1, 0.15) is 18.4 Å². The number of ketones is 1. The summed E-state index contributed by atoms with van der Waals surface area (Å²) in [4.78, 5) is 35.2. The lowest BCUT2D eigenvalue weighted by Gasteiger charge is -2.28. The highest BCUT2D eigenvalue weighted by molar-refractivity contribution is 5.83. The van der Waals surface area contributed by atoms with E-state index in [0.717, 1.165) is 5.56 Å². The molecular weight excluding hydrogens is 298 g/mol. The number of alkyl carbamates (subject to hydrolysis) is 1. The molecule has 6 nitrogen and oxygen atoms in total. The highest BCUT2D eigenvalue weighted by Crippen LogP contribution is 2.25. The maximum absolute atomic E-state index is 11.9. The van der Waals surface area contributed by atoms with Gasteiger partial charge in [-0.25, -0.2) is 9.59 Å². The molecule has 1 aliphatic carbocycles. The van der Waals surface area contributed by atoms with Crippen molar-refractivity contribution in [2.75, 3.05) is 7.11 Å². The number of nitrogens with one attached hydrogen (secondary N) is 1. The van der Waals surface area contributed by atoms with Crippen molar-refractivity contribution in [1.29, 1.82) is 0 Å². The number of ether oxygens (including phenoxy) is 2. The second-order valence-electron chi connectivity index (χ2n) is 5.58. The molecule has 0 aliphatic heterocycles. The van der Waals surface area contributed by atoms with E-state index in [1.165, 1.54) is 7.11 Å². The van der Waals surface area contributed by atoms with Gasteiger partial charge >= 0.3 is 12.1 Å². The molecule has 1 atom stereocenters. The number of hydrogen-bond donors (Lipinski definition) is 1. The monoisotopic (exact) mass is 319 g/mol. The third kappa shape index (κ3) is 5.09. The molecule has 0 unspecified atom stereocenters. The predicted molar refractivity (Wildman–Crippen MR) is 82.5 cm³/mol. The SMILES string of the molecule is COC(=O)[C@@H](NC(=O)OCc1ccccc1)C1CCC(=O)CC1. The third-order valence-electron chi connectivity index (χ3n) is 4.00. The van der Waals surface area contributed by atoms with Crippen LogP contribution in [0.2, 0.25) is 0 Å². The molecule has 6 heteroatoms. The van der Waals surface area contributed by atoms with Crippen molar-refractivity contribution in [3.63, 3.8) is 0 Å². The first kappa shape index (κ1) is 17.0. The first-order valence-corrected chi connectivity index (χ1v) is 7.67. The molecule has 0 bridgehead atoms. The summed E-state index contributed by atoms with van der Waals surface area (Å²) < 4.78 is 9.90. The normalized spacial score (nSPS) is 16.5. The summed E-state index contributed by atoms with van der Waals surface area (Å²) in [6, 6.07) is 8.49. The van der Waals surface area contributed by atoms with Crippen molar-refractivity contribution < 1.29 is 23.9 Å². The van der Waals surface area contributed by atoms with Crippen molar-refractivity contribution in [2.45, 2.75) is 38.3 Å². The van der Waals surface area contributed by atoms with E-state index in [-0.39, 0.29) is 18.3 Å².